The minimum atomic E-state index is 0.00875. The van der Waals surface area contributed by atoms with Crippen molar-refractivity contribution in [1.82, 2.24) is 29.6 Å². The summed E-state index contributed by atoms with van der Waals surface area (Å²) < 4.78 is 1.74. The zero-order valence-electron chi connectivity index (χ0n) is 15.5. The number of nitrogens with zero attached hydrogens (tertiary/aromatic N) is 5. The number of imidazole rings is 1. The first-order valence-corrected chi connectivity index (χ1v) is 10.2. The highest BCUT2D eigenvalue weighted by atomic mass is 32.1. The van der Waals surface area contributed by atoms with Gasteiger partial charge in [0, 0.05) is 43.2 Å². The fourth-order valence-corrected chi connectivity index (χ4v) is 4.49. The third kappa shape index (κ3) is 3.09. The van der Waals surface area contributed by atoms with Crippen LogP contribution >= 0.6 is 11.3 Å². The highest BCUT2D eigenvalue weighted by Gasteiger charge is 2.27. The van der Waals surface area contributed by atoms with E-state index in [2.05, 4.69) is 15.1 Å². The number of piperidine rings is 1. The number of amides is 1. The molecule has 5 rings (SSSR count). The van der Waals surface area contributed by atoms with Crippen LogP contribution in [-0.4, -0.2) is 48.6 Å². The summed E-state index contributed by atoms with van der Waals surface area (Å²) in [7, 11) is 1.87. The fraction of sp³-hybridized carbons (Fsp3) is 0.300. The minimum Gasteiger partial charge on any atom is -0.342 e. The maximum atomic E-state index is 12.9. The lowest BCUT2D eigenvalue weighted by molar-refractivity contribution is 0.0706. The van der Waals surface area contributed by atoms with Crippen LogP contribution in [0, 0.1) is 0 Å². The minimum absolute atomic E-state index is 0.00875. The number of thiazole rings is 1. The topological polar surface area (TPSA) is 79.7 Å². The molecule has 142 valence electrons. The summed E-state index contributed by atoms with van der Waals surface area (Å²) in [5.41, 5.74) is 3.53. The molecule has 0 spiro atoms. The number of likely N-dealkylation sites (tertiary alicyclic amines) is 1. The standard InChI is InChI=1S/C20H20N6OS/c1-25-11-14(10-21-25)19-24-17(12-28-19)20(27)26-8-6-13(7-9-26)18-22-15-4-2-3-5-16(15)23-18/h2-5,10-13H,6-9H2,1H3,(H,22,23). The number of rotatable bonds is 3. The number of carbonyl (C=O) groups excluding carboxylic acids is 1. The van der Waals surface area contributed by atoms with Gasteiger partial charge in [-0.2, -0.15) is 5.10 Å². The molecule has 4 heterocycles. The number of hydrogen-bond acceptors (Lipinski definition) is 5. The molecule has 1 aromatic carbocycles. The quantitative estimate of drug-likeness (QED) is 0.579. The van der Waals surface area contributed by atoms with Crippen LogP contribution in [0.1, 0.15) is 35.1 Å². The summed E-state index contributed by atoms with van der Waals surface area (Å²) in [6.07, 6.45) is 5.49. The zero-order chi connectivity index (χ0) is 19.1. The molecule has 1 fully saturated rings. The molecule has 0 saturated carbocycles. The lowest BCUT2D eigenvalue weighted by Gasteiger charge is -2.30. The summed E-state index contributed by atoms with van der Waals surface area (Å²) in [4.78, 5) is 27.5. The van der Waals surface area contributed by atoms with Gasteiger partial charge in [0.05, 0.1) is 17.2 Å². The zero-order valence-corrected chi connectivity index (χ0v) is 16.3. The van der Waals surface area contributed by atoms with Crippen LogP contribution in [0.25, 0.3) is 21.6 Å². The third-order valence-corrected chi connectivity index (χ3v) is 6.14. The number of aromatic nitrogens is 5. The number of fused-ring (bicyclic) bond motifs is 1. The van der Waals surface area contributed by atoms with E-state index in [0.29, 0.717) is 11.6 Å². The van der Waals surface area contributed by atoms with Gasteiger partial charge < -0.3 is 9.88 Å². The molecule has 0 aliphatic carbocycles. The van der Waals surface area contributed by atoms with E-state index in [1.807, 2.05) is 47.8 Å². The largest absolute Gasteiger partial charge is 0.342 e. The van der Waals surface area contributed by atoms with Gasteiger partial charge in [0.15, 0.2) is 0 Å². The Bertz CT molecular complexity index is 1100. The van der Waals surface area contributed by atoms with Crippen LogP contribution in [0.3, 0.4) is 0 Å². The monoisotopic (exact) mass is 392 g/mol. The predicted molar refractivity (Wildman–Crippen MR) is 108 cm³/mol. The van der Waals surface area contributed by atoms with Gasteiger partial charge in [-0.25, -0.2) is 9.97 Å². The molecule has 7 nitrogen and oxygen atoms in total. The molecule has 28 heavy (non-hydrogen) atoms. The van der Waals surface area contributed by atoms with Crippen molar-refractivity contribution in [1.29, 1.82) is 0 Å². The van der Waals surface area contributed by atoms with Crippen molar-refractivity contribution >= 4 is 28.3 Å². The van der Waals surface area contributed by atoms with E-state index in [4.69, 9.17) is 4.98 Å². The first kappa shape index (κ1) is 17.1. The molecule has 4 aromatic rings. The lowest BCUT2D eigenvalue weighted by atomic mass is 9.96. The molecule has 0 radical (unpaired) electrons. The highest BCUT2D eigenvalue weighted by molar-refractivity contribution is 7.13. The number of benzene rings is 1. The summed E-state index contributed by atoms with van der Waals surface area (Å²) in [5.74, 6) is 1.40. The molecule has 0 unspecified atom stereocenters. The molecule has 1 aliphatic heterocycles. The van der Waals surface area contributed by atoms with E-state index >= 15 is 0 Å². The second kappa shape index (κ2) is 6.87. The van der Waals surface area contributed by atoms with Gasteiger partial charge in [-0.05, 0) is 25.0 Å². The van der Waals surface area contributed by atoms with Crippen LogP contribution in [0.5, 0.6) is 0 Å². The van der Waals surface area contributed by atoms with Crippen LogP contribution < -0.4 is 0 Å². The van der Waals surface area contributed by atoms with Crippen molar-refractivity contribution in [3.63, 3.8) is 0 Å². The third-order valence-electron chi connectivity index (χ3n) is 5.25. The number of para-hydroxylation sites is 2. The summed E-state index contributed by atoms with van der Waals surface area (Å²) >= 11 is 1.48. The van der Waals surface area contributed by atoms with E-state index in [1.54, 1.807) is 10.9 Å². The number of H-pyrrole nitrogens is 1. The maximum Gasteiger partial charge on any atom is 0.273 e. The Morgan fingerprint density at radius 2 is 2.04 bits per heavy atom. The average Bonchev–Trinajstić information content (AvgIpc) is 3.46. The Balaban J connectivity index is 1.26. The van der Waals surface area contributed by atoms with E-state index in [9.17, 15) is 4.79 Å². The molecule has 8 heteroatoms. The van der Waals surface area contributed by atoms with Gasteiger partial charge in [0.1, 0.15) is 16.5 Å². The van der Waals surface area contributed by atoms with Gasteiger partial charge in [0.2, 0.25) is 0 Å². The molecule has 1 aliphatic rings. The van der Waals surface area contributed by atoms with Gasteiger partial charge in [-0.1, -0.05) is 12.1 Å². The molecule has 1 amide bonds. The van der Waals surface area contributed by atoms with Gasteiger partial charge >= 0.3 is 0 Å². The molecule has 0 bridgehead atoms. The van der Waals surface area contributed by atoms with E-state index in [0.717, 1.165) is 53.4 Å². The second-order valence-electron chi connectivity index (χ2n) is 7.15. The first-order chi connectivity index (χ1) is 13.7. The summed E-state index contributed by atoms with van der Waals surface area (Å²) in [5, 5.41) is 6.84. The maximum absolute atomic E-state index is 12.9. The number of nitrogens with one attached hydrogen (secondary N) is 1. The van der Waals surface area contributed by atoms with Crippen molar-refractivity contribution in [2.24, 2.45) is 7.05 Å². The Morgan fingerprint density at radius 1 is 1.21 bits per heavy atom. The fourth-order valence-electron chi connectivity index (χ4n) is 3.72. The van der Waals surface area contributed by atoms with Crippen LogP contribution in [0.15, 0.2) is 42.0 Å². The Labute approximate surface area is 166 Å². The smallest absolute Gasteiger partial charge is 0.273 e. The van der Waals surface area contributed by atoms with E-state index in [1.165, 1.54) is 11.3 Å². The SMILES string of the molecule is Cn1cc(-c2nc(C(=O)N3CCC(c4nc5ccccc5[nH]4)CC3)cs2)cn1. The molecule has 3 aromatic heterocycles. The molecule has 1 N–H and O–H groups in total. The lowest BCUT2D eigenvalue weighted by Crippen LogP contribution is -2.38. The Hall–Kier alpha value is -3.00. The van der Waals surface area contributed by atoms with Crippen molar-refractivity contribution in [2.75, 3.05) is 13.1 Å². The molecular weight excluding hydrogens is 372 g/mol. The molecular formula is C20H20N6OS. The number of carbonyl (C=O) groups is 1. The van der Waals surface area contributed by atoms with E-state index in [-0.39, 0.29) is 5.91 Å². The van der Waals surface area contributed by atoms with Crippen LogP contribution in [-0.2, 0) is 7.05 Å². The van der Waals surface area contributed by atoms with Crippen molar-refractivity contribution < 1.29 is 4.79 Å². The second-order valence-corrected chi connectivity index (χ2v) is 8.00. The Morgan fingerprint density at radius 3 is 2.79 bits per heavy atom. The number of aromatic amines is 1. The van der Waals surface area contributed by atoms with Crippen molar-refractivity contribution in [2.45, 2.75) is 18.8 Å². The highest BCUT2D eigenvalue weighted by Crippen LogP contribution is 2.29. The van der Waals surface area contributed by atoms with Gasteiger partial charge in [0.25, 0.3) is 5.91 Å². The van der Waals surface area contributed by atoms with Crippen LogP contribution in [0.4, 0.5) is 0 Å². The van der Waals surface area contributed by atoms with Gasteiger partial charge in [-0.15, -0.1) is 11.3 Å². The summed E-state index contributed by atoms with van der Waals surface area (Å²) in [6, 6.07) is 8.09. The predicted octanol–water partition coefficient (Wildman–Crippen LogP) is 3.44. The van der Waals surface area contributed by atoms with E-state index < -0.39 is 0 Å². The number of hydrogen-bond donors (Lipinski definition) is 1. The summed E-state index contributed by atoms with van der Waals surface area (Å²) in [6.45, 7) is 1.45. The average molecular weight is 392 g/mol. The van der Waals surface area contributed by atoms with Gasteiger partial charge in [-0.3, -0.25) is 9.48 Å². The Kier molecular flexibility index (Phi) is 4.20. The molecule has 1 saturated heterocycles. The first-order valence-electron chi connectivity index (χ1n) is 9.36. The van der Waals surface area contributed by atoms with Crippen molar-refractivity contribution in [3.8, 4) is 10.6 Å². The van der Waals surface area contributed by atoms with Crippen LogP contribution in [0.2, 0.25) is 0 Å². The number of aryl methyl sites for hydroxylation is 1. The molecule has 0 atom stereocenters. The van der Waals surface area contributed by atoms with Crippen molar-refractivity contribution in [3.05, 3.63) is 53.6 Å². The normalized spacial score (nSPS) is 15.4.